The number of amides is 1. The Labute approximate surface area is 127 Å². The lowest BCUT2D eigenvalue weighted by atomic mass is 10.1. The van der Waals surface area contributed by atoms with E-state index in [1.807, 2.05) is 25.8 Å². The third-order valence-electron chi connectivity index (χ3n) is 4.08. The van der Waals surface area contributed by atoms with Gasteiger partial charge in [0.25, 0.3) is 5.91 Å². The summed E-state index contributed by atoms with van der Waals surface area (Å²) in [5.41, 5.74) is 3.41. The molecule has 1 atom stereocenters. The lowest BCUT2D eigenvalue weighted by Crippen LogP contribution is -2.34. The molecule has 0 unspecified atom stereocenters. The molecule has 0 spiro atoms. The number of nitrogens with one attached hydrogen (secondary N) is 1. The van der Waals surface area contributed by atoms with Crippen LogP contribution in [0.2, 0.25) is 0 Å². The SMILES string of the molecule is CNC[C@H]1CCN(C(=O)COc2c(C)cc(C)cc2C)C1. The summed E-state index contributed by atoms with van der Waals surface area (Å²) >= 11 is 0. The normalized spacial score (nSPS) is 18.1. The van der Waals surface area contributed by atoms with Crippen LogP contribution in [0.5, 0.6) is 5.75 Å². The fraction of sp³-hybridized carbons (Fsp3) is 0.588. The van der Waals surface area contributed by atoms with Crippen LogP contribution in [0.1, 0.15) is 23.1 Å². The second kappa shape index (κ2) is 6.94. The molecule has 1 aliphatic heterocycles. The molecular formula is C17H26N2O2. The molecular weight excluding hydrogens is 264 g/mol. The van der Waals surface area contributed by atoms with Gasteiger partial charge in [-0.2, -0.15) is 0 Å². The van der Waals surface area contributed by atoms with Gasteiger partial charge in [-0.1, -0.05) is 17.7 Å². The molecule has 1 heterocycles. The van der Waals surface area contributed by atoms with Gasteiger partial charge in [0, 0.05) is 13.1 Å². The molecule has 2 rings (SSSR count). The molecule has 0 aliphatic carbocycles. The first kappa shape index (κ1) is 15.8. The van der Waals surface area contributed by atoms with Crippen molar-refractivity contribution in [3.63, 3.8) is 0 Å². The van der Waals surface area contributed by atoms with Crippen LogP contribution >= 0.6 is 0 Å². The van der Waals surface area contributed by atoms with Crippen molar-refractivity contribution in [2.75, 3.05) is 33.3 Å². The zero-order valence-electron chi connectivity index (χ0n) is 13.5. The lowest BCUT2D eigenvalue weighted by Gasteiger charge is -2.18. The third-order valence-corrected chi connectivity index (χ3v) is 4.08. The standard InChI is InChI=1S/C17H26N2O2/c1-12-7-13(2)17(14(3)8-12)21-11-16(20)19-6-5-15(10-19)9-18-4/h7-8,15,18H,5-6,9-11H2,1-4H3/t15-/m1/s1. The highest BCUT2D eigenvalue weighted by molar-refractivity contribution is 5.78. The van der Waals surface area contributed by atoms with Crippen molar-refractivity contribution in [1.29, 1.82) is 0 Å². The zero-order valence-corrected chi connectivity index (χ0v) is 13.5. The van der Waals surface area contributed by atoms with Gasteiger partial charge in [-0.3, -0.25) is 4.79 Å². The van der Waals surface area contributed by atoms with Crippen LogP contribution in [0.25, 0.3) is 0 Å². The average Bonchev–Trinajstić information content (AvgIpc) is 2.86. The van der Waals surface area contributed by atoms with Crippen molar-refractivity contribution in [2.24, 2.45) is 5.92 Å². The Morgan fingerprint density at radius 3 is 2.62 bits per heavy atom. The quantitative estimate of drug-likeness (QED) is 0.902. The number of benzene rings is 1. The molecule has 1 fully saturated rings. The van der Waals surface area contributed by atoms with Crippen molar-refractivity contribution in [3.05, 3.63) is 28.8 Å². The minimum absolute atomic E-state index is 0.0907. The molecule has 4 heteroatoms. The van der Waals surface area contributed by atoms with E-state index in [4.69, 9.17) is 4.74 Å². The predicted octanol–water partition coefficient (Wildman–Crippen LogP) is 2.06. The van der Waals surface area contributed by atoms with Gasteiger partial charge in [0.15, 0.2) is 6.61 Å². The first-order valence-corrected chi connectivity index (χ1v) is 7.64. The maximum atomic E-state index is 12.2. The monoisotopic (exact) mass is 290 g/mol. The predicted molar refractivity (Wildman–Crippen MR) is 84.8 cm³/mol. The number of nitrogens with zero attached hydrogens (tertiary/aromatic N) is 1. The molecule has 0 radical (unpaired) electrons. The number of carbonyl (C=O) groups is 1. The van der Waals surface area contributed by atoms with Crippen LogP contribution in [-0.4, -0.2) is 44.1 Å². The van der Waals surface area contributed by atoms with E-state index in [2.05, 4.69) is 24.4 Å². The molecule has 1 amide bonds. The first-order valence-electron chi connectivity index (χ1n) is 7.64. The van der Waals surface area contributed by atoms with Crippen molar-refractivity contribution in [1.82, 2.24) is 10.2 Å². The van der Waals surface area contributed by atoms with E-state index < -0.39 is 0 Å². The summed E-state index contributed by atoms with van der Waals surface area (Å²) < 4.78 is 5.79. The summed E-state index contributed by atoms with van der Waals surface area (Å²) in [7, 11) is 1.95. The van der Waals surface area contributed by atoms with Crippen LogP contribution in [0.4, 0.5) is 0 Å². The number of ether oxygens (including phenoxy) is 1. The first-order chi connectivity index (χ1) is 10.0. The molecule has 1 aromatic carbocycles. The fourth-order valence-corrected chi connectivity index (χ4v) is 3.13. The van der Waals surface area contributed by atoms with E-state index in [0.717, 1.165) is 42.9 Å². The van der Waals surface area contributed by atoms with Gasteiger partial charge in [-0.25, -0.2) is 0 Å². The van der Waals surface area contributed by atoms with Crippen molar-refractivity contribution >= 4 is 5.91 Å². The molecule has 21 heavy (non-hydrogen) atoms. The Balaban J connectivity index is 1.90. The van der Waals surface area contributed by atoms with Gasteiger partial charge >= 0.3 is 0 Å². The Morgan fingerprint density at radius 1 is 1.33 bits per heavy atom. The Kier molecular flexibility index (Phi) is 5.23. The average molecular weight is 290 g/mol. The molecule has 116 valence electrons. The van der Waals surface area contributed by atoms with E-state index >= 15 is 0 Å². The summed E-state index contributed by atoms with van der Waals surface area (Å²) in [6.45, 7) is 8.92. The largest absolute Gasteiger partial charge is 0.483 e. The molecule has 1 saturated heterocycles. The van der Waals surface area contributed by atoms with Gasteiger partial charge in [0.1, 0.15) is 5.75 Å². The number of likely N-dealkylation sites (tertiary alicyclic amines) is 1. The molecule has 1 aromatic rings. The Hall–Kier alpha value is -1.55. The Morgan fingerprint density at radius 2 is 2.00 bits per heavy atom. The van der Waals surface area contributed by atoms with E-state index in [1.54, 1.807) is 0 Å². The molecule has 0 aromatic heterocycles. The molecule has 1 N–H and O–H groups in total. The zero-order chi connectivity index (χ0) is 15.4. The summed E-state index contributed by atoms with van der Waals surface area (Å²) in [6, 6.07) is 4.18. The van der Waals surface area contributed by atoms with Crippen molar-refractivity contribution in [2.45, 2.75) is 27.2 Å². The topological polar surface area (TPSA) is 41.6 Å². The lowest BCUT2D eigenvalue weighted by molar-refractivity contribution is -0.132. The highest BCUT2D eigenvalue weighted by Crippen LogP contribution is 2.24. The molecule has 4 nitrogen and oxygen atoms in total. The summed E-state index contributed by atoms with van der Waals surface area (Å²) in [5, 5.41) is 3.18. The number of hydrogen-bond acceptors (Lipinski definition) is 3. The smallest absolute Gasteiger partial charge is 0.260 e. The second-order valence-electron chi connectivity index (χ2n) is 6.07. The number of hydrogen-bond donors (Lipinski definition) is 1. The molecule has 1 aliphatic rings. The van der Waals surface area contributed by atoms with Crippen molar-refractivity contribution in [3.8, 4) is 5.75 Å². The van der Waals surface area contributed by atoms with Crippen LogP contribution in [0, 0.1) is 26.7 Å². The molecule has 0 saturated carbocycles. The summed E-state index contributed by atoms with van der Waals surface area (Å²) in [6.07, 6.45) is 1.08. The van der Waals surface area contributed by atoms with Gasteiger partial charge in [0.05, 0.1) is 0 Å². The van der Waals surface area contributed by atoms with Crippen LogP contribution in [0.3, 0.4) is 0 Å². The minimum Gasteiger partial charge on any atom is -0.483 e. The van der Waals surface area contributed by atoms with E-state index in [1.165, 1.54) is 5.56 Å². The maximum absolute atomic E-state index is 12.2. The summed E-state index contributed by atoms with van der Waals surface area (Å²) in [5.74, 6) is 1.51. The number of carbonyl (C=O) groups excluding carboxylic acids is 1. The van der Waals surface area contributed by atoms with Crippen LogP contribution in [0.15, 0.2) is 12.1 Å². The van der Waals surface area contributed by atoms with E-state index in [-0.39, 0.29) is 12.5 Å². The fourth-order valence-electron chi connectivity index (χ4n) is 3.13. The highest BCUT2D eigenvalue weighted by atomic mass is 16.5. The van der Waals surface area contributed by atoms with Crippen molar-refractivity contribution < 1.29 is 9.53 Å². The second-order valence-corrected chi connectivity index (χ2v) is 6.07. The van der Waals surface area contributed by atoms with E-state index in [0.29, 0.717) is 5.92 Å². The van der Waals surface area contributed by atoms with Gasteiger partial charge in [-0.05, 0) is 57.8 Å². The maximum Gasteiger partial charge on any atom is 0.260 e. The summed E-state index contributed by atoms with van der Waals surface area (Å²) in [4.78, 5) is 14.2. The van der Waals surface area contributed by atoms with Crippen LogP contribution < -0.4 is 10.1 Å². The minimum atomic E-state index is 0.0907. The number of rotatable bonds is 5. The Bertz CT molecular complexity index is 491. The van der Waals surface area contributed by atoms with Gasteiger partial charge < -0.3 is 15.0 Å². The van der Waals surface area contributed by atoms with Gasteiger partial charge in [0.2, 0.25) is 0 Å². The van der Waals surface area contributed by atoms with Gasteiger partial charge in [-0.15, -0.1) is 0 Å². The molecule has 0 bridgehead atoms. The van der Waals surface area contributed by atoms with Crippen LogP contribution in [-0.2, 0) is 4.79 Å². The highest BCUT2D eigenvalue weighted by Gasteiger charge is 2.26. The number of aryl methyl sites for hydroxylation is 3. The third kappa shape index (κ3) is 3.97. The van der Waals surface area contributed by atoms with E-state index in [9.17, 15) is 4.79 Å².